The molecule has 0 amide bonds. The fraction of sp³-hybridized carbons (Fsp3) is 0.833. The molecule has 2 rings (SSSR count). The van der Waals surface area contributed by atoms with Crippen LogP contribution in [0.3, 0.4) is 0 Å². The average Bonchev–Trinajstić information content (AvgIpc) is 2.99. The first-order valence-electron chi connectivity index (χ1n) is 6.65. The summed E-state index contributed by atoms with van der Waals surface area (Å²) in [5.74, 6) is -0.703. The predicted molar refractivity (Wildman–Crippen MR) is 63.0 cm³/mol. The zero-order valence-electron chi connectivity index (χ0n) is 10.6. The molecule has 0 atom stereocenters. The molecule has 0 spiro atoms. The van der Waals surface area contributed by atoms with Gasteiger partial charge >= 0.3 is 11.9 Å². The lowest BCUT2D eigenvalue weighted by atomic mass is 10.3. The third-order valence-electron chi connectivity index (χ3n) is 3.13. The van der Waals surface area contributed by atoms with Crippen LogP contribution >= 0.6 is 0 Å². The standard InChI is InChI=1S/C12H20N2O4/c15-11(17-13-7-1-2-8-13)5-6-12(16)18-14-9-3-4-10-14/h1-10H2. The highest BCUT2D eigenvalue weighted by Gasteiger charge is 2.19. The molecule has 6 nitrogen and oxygen atoms in total. The number of hydrogen-bond donors (Lipinski definition) is 0. The van der Waals surface area contributed by atoms with E-state index in [-0.39, 0.29) is 24.8 Å². The highest BCUT2D eigenvalue weighted by atomic mass is 16.7. The molecule has 6 heteroatoms. The average molecular weight is 256 g/mol. The molecule has 18 heavy (non-hydrogen) atoms. The molecule has 0 aromatic carbocycles. The number of carbonyl (C=O) groups excluding carboxylic acids is 2. The molecule has 2 aliphatic rings. The van der Waals surface area contributed by atoms with E-state index in [2.05, 4.69) is 0 Å². The van der Waals surface area contributed by atoms with E-state index in [4.69, 9.17) is 9.68 Å². The Labute approximate surface area is 107 Å². The van der Waals surface area contributed by atoms with Gasteiger partial charge in [-0.25, -0.2) is 0 Å². The van der Waals surface area contributed by atoms with Gasteiger partial charge in [0.1, 0.15) is 0 Å². The van der Waals surface area contributed by atoms with E-state index >= 15 is 0 Å². The highest BCUT2D eigenvalue weighted by Crippen LogP contribution is 2.11. The normalized spacial score (nSPS) is 21.1. The Bertz CT molecular complexity index is 266. The van der Waals surface area contributed by atoms with Crippen molar-refractivity contribution < 1.29 is 19.3 Å². The van der Waals surface area contributed by atoms with Crippen LogP contribution in [0.2, 0.25) is 0 Å². The summed E-state index contributed by atoms with van der Waals surface area (Å²) in [5, 5.41) is 3.32. The van der Waals surface area contributed by atoms with Crippen molar-refractivity contribution in [2.75, 3.05) is 26.2 Å². The van der Waals surface area contributed by atoms with Crippen LogP contribution in [0.5, 0.6) is 0 Å². The van der Waals surface area contributed by atoms with Crippen LogP contribution in [-0.4, -0.2) is 48.2 Å². The van der Waals surface area contributed by atoms with Gasteiger partial charge in [-0.15, -0.1) is 10.1 Å². The maximum absolute atomic E-state index is 11.5. The van der Waals surface area contributed by atoms with Crippen molar-refractivity contribution in [3.05, 3.63) is 0 Å². The molecule has 2 aliphatic heterocycles. The van der Waals surface area contributed by atoms with Gasteiger partial charge in [-0.2, -0.15) is 0 Å². The fourth-order valence-corrected chi connectivity index (χ4v) is 2.14. The lowest BCUT2D eigenvalue weighted by Crippen LogP contribution is -2.26. The Kier molecular flexibility index (Phi) is 4.95. The van der Waals surface area contributed by atoms with E-state index in [0.29, 0.717) is 0 Å². The topological polar surface area (TPSA) is 59.1 Å². The van der Waals surface area contributed by atoms with Crippen molar-refractivity contribution in [3.63, 3.8) is 0 Å². The predicted octanol–water partition coefficient (Wildman–Crippen LogP) is 0.875. The zero-order chi connectivity index (χ0) is 12.8. The molecule has 2 saturated heterocycles. The number of rotatable bonds is 5. The van der Waals surface area contributed by atoms with Crippen molar-refractivity contribution in [2.45, 2.75) is 38.5 Å². The summed E-state index contributed by atoms with van der Waals surface area (Å²) in [7, 11) is 0. The molecule has 102 valence electrons. The Morgan fingerprint density at radius 2 is 1.06 bits per heavy atom. The quantitative estimate of drug-likeness (QED) is 0.727. The summed E-state index contributed by atoms with van der Waals surface area (Å²) < 4.78 is 0. The van der Waals surface area contributed by atoms with Gasteiger partial charge in [-0.05, 0) is 25.7 Å². The molecule has 0 saturated carbocycles. The fourth-order valence-electron chi connectivity index (χ4n) is 2.14. The summed E-state index contributed by atoms with van der Waals surface area (Å²) in [6.45, 7) is 3.18. The van der Waals surface area contributed by atoms with Crippen LogP contribution in [0, 0.1) is 0 Å². The van der Waals surface area contributed by atoms with Crippen LogP contribution in [0.25, 0.3) is 0 Å². The van der Waals surface area contributed by atoms with Crippen LogP contribution < -0.4 is 0 Å². The third-order valence-corrected chi connectivity index (χ3v) is 3.13. The summed E-state index contributed by atoms with van der Waals surface area (Å²) in [5.41, 5.74) is 0. The molecule has 0 radical (unpaired) electrons. The second kappa shape index (κ2) is 6.70. The Balaban J connectivity index is 1.57. The monoisotopic (exact) mass is 256 g/mol. The van der Waals surface area contributed by atoms with E-state index in [1.54, 1.807) is 10.1 Å². The molecule has 0 aliphatic carbocycles. The zero-order valence-corrected chi connectivity index (χ0v) is 10.6. The Morgan fingerprint density at radius 3 is 1.39 bits per heavy atom. The highest BCUT2D eigenvalue weighted by molar-refractivity contribution is 5.77. The summed E-state index contributed by atoms with van der Waals surface area (Å²) in [6.07, 6.45) is 4.41. The van der Waals surface area contributed by atoms with Crippen LogP contribution in [0.4, 0.5) is 0 Å². The maximum atomic E-state index is 11.5. The molecule has 0 aromatic rings. The van der Waals surface area contributed by atoms with Gasteiger partial charge in [0.25, 0.3) is 0 Å². The largest absolute Gasteiger partial charge is 0.368 e. The van der Waals surface area contributed by atoms with Crippen LogP contribution in [0.15, 0.2) is 0 Å². The Hall–Kier alpha value is -1.14. The summed E-state index contributed by atoms with van der Waals surface area (Å²) in [4.78, 5) is 33.1. The third kappa shape index (κ3) is 4.27. The minimum atomic E-state index is -0.352. The molecule has 0 aromatic heterocycles. The van der Waals surface area contributed by atoms with Crippen LogP contribution in [0.1, 0.15) is 38.5 Å². The second-order valence-corrected chi connectivity index (χ2v) is 4.70. The maximum Gasteiger partial charge on any atom is 0.325 e. The van der Waals surface area contributed by atoms with E-state index in [0.717, 1.165) is 51.9 Å². The van der Waals surface area contributed by atoms with E-state index in [9.17, 15) is 9.59 Å². The number of hydroxylamine groups is 4. The van der Waals surface area contributed by atoms with Gasteiger partial charge in [-0.3, -0.25) is 9.59 Å². The van der Waals surface area contributed by atoms with Gasteiger partial charge in [0.15, 0.2) is 0 Å². The molecular weight excluding hydrogens is 236 g/mol. The first-order valence-corrected chi connectivity index (χ1v) is 6.65. The SMILES string of the molecule is O=C(CCC(=O)ON1CCCC1)ON1CCCC1. The lowest BCUT2D eigenvalue weighted by Gasteiger charge is -2.15. The van der Waals surface area contributed by atoms with E-state index in [1.807, 2.05) is 0 Å². The summed E-state index contributed by atoms with van der Waals surface area (Å²) >= 11 is 0. The molecule has 2 fully saturated rings. The number of hydrogen-bond acceptors (Lipinski definition) is 6. The minimum Gasteiger partial charge on any atom is -0.368 e. The van der Waals surface area contributed by atoms with Gasteiger partial charge in [-0.1, -0.05) is 0 Å². The van der Waals surface area contributed by atoms with Crippen molar-refractivity contribution in [2.24, 2.45) is 0 Å². The summed E-state index contributed by atoms with van der Waals surface area (Å²) in [6, 6.07) is 0. The van der Waals surface area contributed by atoms with Crippen molar-refractivity contribution in [1.82, 2.24) is 10.1 Å². The first-order chi connectivity index (χ1) is 8.74. The van der Waals surface area contributed by atoms with Gasteiger partial charge < -0.3 is 9.68 Å². The molecule has 0 unspecified atom stereocenters. The Morgan fingerprint density at radius 1 is 0.722 bits per heavy atom. The van der Waals surface area contributed by atoms with Crippen molar-refractivity contribution in [1.29, 1.82) is 0 Å². The lowest BCUT2D eigenvalue weighted by molar-refractivity contribution is -0.192. The smallest absolute Gasteiger partial charge is 0.325 e. The van der Waals surface area contributed by atoms with Gasteiger partial charge in [0, 0.05) is 26.2 Å². The van der Waals surface area contributed by atoms with Crippen LogP contribution in [-0.2, 0) is 19.3 Å². The minimum absolute atomic E-state index is 0.0865. The number of carbonyl (C=O) groups is 2. The first kappa shape index (κ1) is 13.3. The molecule has 2 heterocycles. The van der Waals surface area contributed by atoms with E-state index in [1.165, 1.54) is 0 Å². The van der Waals surface area contributed by atoms with Crippen molar-refractivity contribution in [3.8, 4) is 0 Å². The molecular formula is C12H20N2O4. The molecule has 0 bridgehead atoms. The van der Waals surface area contributed by atoms with Gasteiger partial charge in [0.2, 0.25) is 0 Å². The molecule has 0 N–H and O–H groups in total. The number of nitrogens with zero attached hydrogens (tertiary/aromatic N) is 2. The van der Waals surface area contributed by atoms with E-state index < -0.39 is 0 Å². The van der Waals surface area contributed by atoms with Gasteiger partial charge in [0.05, 0.1) is 12.8 Å². The van der Waals surface area contributed by atoms with Crippen molar-refractivity contribution >= 4 is 11.9 Å². The second-order valence-electron chi connectivity index (χ2n) is 4.70.